The van der Waals surface area contributed by atoms with Gasteiger partial charge in [0.25, 0.3) is 0 Å². The number of hydrogen-bond donors (Lipinski definition) is 1. The van der Waals surface area contributed by atoms with Crippen LogP contribution in [0.5, 0.6) is 0 Å². The van der Waals surface area contributed by atoms with Crippen molar-refractivity contribution in [2.75, 3.05) is 7.11 Å². The molecule has 3 nitrogen and oxygen atoms in total. The number of methoxy groups -OCH3 is 1. The molecule has 1 aliphatic rings. The second-order valence-corrected chi connectivity index (χ2v) is 3.46. The Bertz CT molecular complexity index is 122. The van der Waals surface area contributed by atoms with Crippen LogP contribution in [0.3, 0.4) is 0 Å². The third-order valence-corrected chi connectivity index (χ3v) is 2.52. The predicted octanol–water partition coefficient (Wildman–Crippen LogP) is 1.15. The molecule has 1 aliphatic heterocycles. The normalized spacial score (nSPS) is 43.0. The van der Waals surface area contributed by atoms with Gasteiger partial charge in [-0.1, -0.05) is 13.8 Å². The molecule has 0 spiro atoms. The average Bonchev–Trinajstić information content (AvgIpc) is 2.09. The molecule has 0 aliphatic carbocycles. The van der Waals surface area contributed by atoms with Crippen molar-refractivity contribution in [1.82, 2.24) is 0 Å². The fourth-order valence-corrected chi connectivity index (χ4v) is 1.64. The minimum absolute atomic E-state index is 0.0567. The van der Waals surface area contributed by atoms with E-state index in [4.69, 9.17) is 9.47 Å². The molecule has 0 aromatic rings. The van der Waals surface area contributed by atoms with Gasteiger partial charge in [-0.3, -0.25) is 0 Å². The standard InChI is InChI=1S/C9H18O3/c1-4-7-8(11-3)5-6(2)9(10)12-7/h6-10H,4-5H2,1-3H3/t6?,7?,8-,9?/m0/s1. The van der Waals surface area contributed by atoms with Crippen molar-refractivity contribution in [3.63, 3.8) is 0 Å². The van der Waals surface area contributed by atoms with Crippen LogP contribution in [0.15, 0.2) is 0 Å². The second kappa shape index (κ2) is 4.21. The van der Waals surface area contributed by atoms with E-state index < -0.39 is 6.29 Å². The number of aliphatic hydroxyl groups is 1. The smallest absolute Gasteiger partial charge is 0.157 e. The Labute approximate surface area is 73.7 Å². The van der Waals surface area contributed by atoms with Gasteiger partial charge in [-0.2, -0.15) is 0 Å². The van der Waals surface area contributed by atoms with Crippen LogP contribution < -0.4 is 0 Å². The van der Waals surface area contributed by atoms with Crippen LogP contribution in [-0.2, 0) is 9.47 Å². The molecule has 0 radical (unpaired) electrons. The van der Waals surface area contributed by atoms with Crippen LogP contribution in [0, 0.1) is 5.92 Å². The zero-order chi connectivity index (χ0) is 9.14. The number of aliphatic hydroxyl groups excluding tert-OH is 1. The third-order valence-electron chi connectivity index (χ3n) is 2.52. The highest BCUT2D eigenvalue weighted by atomic mass is 16.6. The summed E-state index contributed by atoms with van der Waals surface area (Å²) in [6, 6.07) is 0. The fourth-order valence-electron chi connectivity index (χ4n) is 1.64. The maximum absolute atomic E-state index is 9.41. The van der Waals surface area contributed by atoms with Gasteiger partial charge < -0.3 is 14.6 Å². The van der Waals surface area contributed by atoms with Crippen molar-refractivity contribution in [2.24, 2.45) is 5.92 Å². The topological polar surface area (TPSA) is 38.7 Å². The number of ether oxygens (including phenoxy) is 2. The lowest BCUT2D eigenvalue weighted by Gasteiger charge is -2.36. The summed E-state index contributed by atoms with van der Waals surface area (Å²) in [5.41, 5.74) is 0. The van der Waals surface area contributed by atoms with Gasteiger partial charge >= 0.3 is 0 Å². The minimum Gasteiger partial charge on any atom is -0.379 e. The highest BCUT2D eigenvalue weighted by molar-refractivity contribution is 4.78. The Hall–Kier alpha value is -0.120. The Morgan fingerprint density at radius 2 is 2.25 bits per heavy atom. The van der Waals surface area contributed by atoms with E-state index >= 15 is 0 Å². The van der Waals surface area contributed by atoms with Crippen molar-refractivity contribution in [2.45, 2.75) is 45.2 Å². The molecule has 1 saturated heterocycles. The quantitative estimate of drug-likeness (QED) is 0.682. The zero-order valence-electron chi connectivity index (χ0n) is 7.99. The molecular weight excluding hydrogens is 156 g/mol. The summed E-state index contributed by atoms with van der Waals surface area (Å²) in [6.45, 7) is 4.02. The monoisotopic (exact) mass is 174 g/mol. The van der Waals surface area contributed by atoms with E-state index in [1.165, 1.54) is 0 Å². The van der Waals surface area contributed by atoms with E-state index in [0.29, 0.717) is 0 Å². The Morgan fingerprint density at radius 1 is 1.58 bits per heavy atom. The highest BCUT2D eigenvalue weighted by Crippen LogP contribution is 2.26. The van der Waals surface area contributed by atoms with Crippen LogP contribution >= 0.6 is 0 Å². The van der Waals surface area contributed by atoms with Gasteiger partial charge in [-0.15, -0.1) is 0 Å². The molecule has 0 bridgehead atoms. The van der Waals surface area contributed by atoms with Gasteiger partial charge in [0.1, 0.15) is 0 Å². The minimum atomic E-state index is -0.610. The van der Waals surface area contributed by atoms with Crippen LogP contribution in [0.4, 0.5) is 0 Å². The largest absolute Gasteiger partial charge is 0.379 e. The van der Waals surface area contributed by atoms with Gasteiger partial charge in [0, 0.05) is 13.0 Å². The molecular formula is C9H18O3. The molecule has 3 heteroatoms. The summed E-state index contributed by atoms with van der Waals surface area (Å²) >= 11 is 0. The highest BCUT2D eigenvalue weighted by Gasteiger charge is 2.33. The fraction of sp³-hybridized carbons (Fsp3) is 1.00. The Balaban J connectivity index is 2.52. The molecule has 4 atom stereocenters. The van der Waals surface area contributed by atoms with Crippen LogP contribution in [0.2, 0.25) is 0 Å². The van der Waals surface area contributed by atoms with Crippen LogP contribution in [-0.4, -0.2) is 30.7 Å². The van der Waals surface area contributed by atoms with Gasteiger partial charge in [0.15, 0.2) is 6.29 Å². The molecule has 1 fully saturated rings. The lowest BCUT2D eigenvalue weighted by Crippen LogP contribution is -2.43. The first-order chi connectivity index (χ1) is 5.69. The molecule has 0 amide bonds. The second-order valence-electron chi connectivity index (χ2n) is 3.46. The molecule has 1 N–H and O–H groups in total. The Kier molecular flexibility index (Phi) is 3.50. The molecule has 0 aromatic carbocycles. The van der Waals surface area contributed by atoms with Crippen molar-refractivity contribution in [1.29, 1.82) is 0 Å². The third kappa shape index (κ3) is 1.97. The summed E-state index contributed by atoms with van der Waals surface area (Å²) in [6.07, 6.45) is 1.37. The maximum atomic E-state index is 9.41. The molecule has 12 heavy (non-hydrogen) atoms. The van der Waals surface area contributed by atoms with Gasteiger partial charge in [-0.05, 0) is 12.8 Å². The molecule has 0 aromatic heterocycles. The molecule has 1 rings (SSSR count). The lowest BCUT2D eigenvalue weighted by molar-refractivity contribution is -0.228. The summed E-state index contributed by atoms with van der Waals surface area (Å²) in [5, 5.41) is 9.41. The van der Waals surface area contributed by atoms with Crippen LogP contribution in [0.1, 0.15) is 26.7 Å². The first-order valence-electron chi connectivity index (χ1n) is 4.55. The molecule has 72 valence electrons. The lowest BCUT2D eigenvalue weighted by atomic mass is 9.95. The van der Waals surface area contributed by atoms with Crippen LogP contribution in [0.25, 0.3) is 0 Å². The van der Waals surface area contributed by atoms with E-state index in [2.05, 4.69) is 0 Å². The van der Waals surface area contributed by atoms with E-state index in [0.717, 1.165) is 12.8 Å². The first-order valence-corrected chi connectivity index (χ1v) is 4.55. The summed E-state index contributed by atoms with van der Waals surface area (Å²) < 4.78 is 10.7. The van der Waals surface area contributed by atoms with Gasteiger partial charge in [-0.25, -0.2) is 0 Å². The van der Waals surface area contributed by atoms with Crippen molar-refractivity contribution in [3.8, 4) is 0 Å². The SMILES string of the molecule is CCC1OC(O)C(C)C[C@@H]1OC. The average molecular weight is 174 g/mol. The van der Waals surface area contributed by atoms with Crippen molar-refractivity contribution < 1.29 is 14.6 Å². The van der Waals surface area contributed by atoms with E-state index in [1.54, 1.807) is 7.11 Å². The maximum Gasteiger partial charge on any atom is 0.157 e. The summed E-state index contributed by atoms with van der Waals surface area (Å²) in [5.74, 6) is 0.178. The zero-order valence-corrected chi connectivity index (χ0v) is 7.99. The van der Waals surface area contributed by atoms with E-state index in [1.807, 2.05) is 13.8 Å². The predicted molar refractivity (Wildman–Crippen MR) is 45.7 cm³/mol. The summed E-state index contributed by atoms with van der Waals surface area (Å²) in [4.78, 5) is 0. The van der Waals surface area contributed by atoms with Crippen molar-refractivity contribution >= 4 is 0 Å². The summed E-state index contributed by atoms with van der Waals surface area (Å²) in [7, 11) is 1.70. The number of rotatable bonds is 2. The van der Waals surface area contributed by atoms with E-state index in [9.17, 15) is 5.11 Å². The van der Waals surface area contributed by atoms with Gasteiger partial charge in [0.05, 0.1) is 12.2 Å². The van der Waals surface area contributed by atoms with Crippen molar-refractivity contribution in [3.05, 3.63) is 0 Å². The first kappa shape index (κ1) is 9.96. The molecule has 3 unspecified atom stereocenters. The number of hydrogen-bond acceptors (Lipinski definition) is 3. The molecule has 0 saturated carbocycles. The molecule has 1 heterocycles. The Morgan fingerprint density at radius 3 is 2.75 bits per heavy atom. The van der Waals surface area contributed by atoms with E-state index in [-0.39, 0.29) is 18.1 Å². The van der Waals surface area contributed by atoms with Gasteiger partial charge in [0.2, 0.25) is 0 Å².